The Morgan fingerprint density at radius 1 is 1.07 bits per heavy atom. The molecule has 0 saturated heterocycles. The highest BCUT2D eigenvalue weighted by Crippen LogP contribution is 2.42. The normalized spacial score (nSPS) is 23.4. The lowest BCUT2D eigenvalue weighted by Crippen LogP contribution is -2.38. The summed E-state index contributed by atoms with van der Waals surface area (Å²) in [5.41, 5.74) is 1.31. The Bertz CT molecular complexity index is 1070. The molecule has 4 unspecified atom stereocenters. The molecule has 0 bridgehead atoms. The molecule has 1 saturated carbocycles. The Kier molecular flexibility index (Phi) is 6.74. The lowest BCUT2D eigenvalue weighted by atomic mass is 10.1. The van der Waals surface area contributed by atoms with Crippen LogP contribution in [0, 0.1) is 10.7 Å². The van der Waals surface area contributed by atoms with Crippen LogP contribution in [-0.4, -0.2) is 46.3 Å². The van der Waals surface area contributed by atoms with E-state index in [0.717, 1.165) is 0 Å². The molecule has 0 amide bonds. The number of ether oxygens (including phenoxy) is 3. The monoisotopic (exact) mass is 474 g/mol. The van der Waals surface area contributed by atoms with Crippen molar-refractivity contribution in [3.8, 4) is 0 Å². The second-order valence-corrected chi connectivity index (χ2v) is 8.30. The summed E-state index contributed by atoms with van der Waals surface area (Å²) in [6, 6.07) is 2.83. The highest BCUT2D eigenvalue weighted by atomic mass is 35.5. The van der Waals surface area contributed by atoms with Gasteiger partial charge in [0.2, 0.25) is 0 Å². The van der Waals surface area contributed by atoms with Crippen molar-refractivity contribution in [3.05, 3.63) is 26.9 Å². The van der Waals surface area contributed by atoms with E-state index in [0.29, 0.717) is 32.3 Å². The fourth-order valence-electron chi connectivity index (χ4n) is 3.85. The Morgan fingerprint density at radius 3 is 2.27 bits per heavy atom. The number of aromatic amines is 1. The number of esters is 3. The quantitative estimate of drug-likeness (QED) is 0.397. The molecule has 162 valence electrons. The highest BCUT2D eigenvalue weighted by molar-refractivity contribution is 7.71. The third-order valence-electron chi connectivity index (χ3n) is 4.91. The summed E-state index contributed by atoms with van der Waals surface area (Å²) < 4.78 is 18.3. The van der Waals surface area contributed by atoms with E-state index in [2.05, 4.69) is 4.98 Å². The van der Waals surface area contributed by atoms with Crippen LogP contribution in [0.3, 0.4) is 0 Å². The first-order chi connectivity index (χ1) is 14.1. The molecule has 0 spiro atoms. The van der Waals surface area contributed by atoms with E-state index in [9.17, 15) is 14.4 Å². The molecule has 0 radical (unpaired) electrons. The van der Waals surface area contributed by atoms with Gasteiger partial charge in [-0.1, -0.05) is 23.2 Å². The molecule has 1 heterocycles. The number of carbonyl (C=O) groups excluding carboxylic acids is 3. The molecular formula is C19H20Cl2N2O6S. The van der Waals surface area contributed by atoms with Crippen LogP contribution in [0.15, 0.2) is 12.1 Å². The maximum atomic E-state index is 11.8. The zero-order valence-electron chi connectivity index (χ0n) is 16.4. The number of nitrogens with one attached hydrogen (secondary N) is 1. The number of hydrogen-bond donors (Lipinski definition) is 1. The first kappa shape index (κ1) is 22.6. The molecule has 1 aromatic heterocycles. The molecule has 11 heteroatoms. The Labute approximate surface area is 187 Å². The fourth-order valence-corrected chi connectivity index (χ4v) is 4.51. The number of hydrogen-bond acceptors (Lipinski definition) is 7. The summed E-state index contributed by atoms with van der Waals surface area (Å²) in [5.74, 6) is -1.94. The minimum Gasteiger partial charge on any atom is -0.465 e. The first-order valence-corrected chi connectivity index (χ1v) is 10.3. The molecule has 30 heavy (non-hydrogen) atoms. The van der Waals surface area contributed by atoms with E-state index >= 15 is 0 Å². The summed E-state index contributed by atoms with van der Waals surface area (Å²) in [6.07, 6.45) is -1.28. The number of benzene rings is 1. The van der Waals surface area contributed by atoms with Crippen molar-refractivity contribution in [2.45, 2.75) is 45.4 Å². The van der Waals surface area contributed by atoms with Crippen molar-refractivity contribution in [2.24, 2.45) is 5.92 Å². The summed E-state index contributed by atoms with van der Waals surface area (Å²) in [7, 11) is 0. The van der Waals surface area contributed by atoms with E-state index in [1.54, 1.807) is 16.7 Å². The summed E-state index contributed by atoms with van der Waals surface area (Å²) in [4.78, 5) is 38.0. The van der Waals surface area contributed by atoms with E-state index in [-0.39, 0.29) is 6.61 Å². The predicted molar refractivity (Wildman–Crippen MR) is 112 cm³/mol. The van der Waals surface area contributed by atoms with Gasteiger partial charge in [-0.3, -0.25) is 14.4 Å². The molecular weight excluding hydrogens is 455 g/mol. The zero-order valence-corrected chi connectivity index (χ0v) is 18.8. The van der Waals surface area contributed by atoms with Gasteiger partial charge in [0.25, 0.3) is 0 Å². The number of fused-ring (bicyclic) bond motifs is 1. The van der Waals surface area contributed by atoms with Gasteiger partial charge in [-0.2, -0.15) is 0 Å². The molecule has 1 aromatic carbocycles. The average Bonchev–Trinajstić information content (AvgIpc) is 3.10. The molecule has 8 nitrogen and oxygen atoms in total. The number of nitrogens with zero attached hydrogens (tertiary/aromatic N) is 1. The zero-order chi connectivity index (χ0) is 22.2. The Hall–Kier alpha value is -2.10. The Morgan fingerprint density at radius 2 is 1.67 bits per heavy atom. The molecule has 1 fully saturated rings. The third-order valence-corrected chi connectivity index (χ3v) is 5.93. The number of aromatic nitrogens is 2. The molecule has 0 aliphatic heterocycles. The molecule has 1 aliphatic rings. The molecule has 3 rings (SSSR count). The number of carbonyl (C=O) groups is 3. The van der Waals surface area contributed by atoms with E-state index in [4.69, 9.17) is 49.6 Å². The average molecular weight is 475 g/mol. The summed E-state index contributed by atoms with van der Waals surface area (Å²) in [5, 5.41) is 0.697. The van der Waals surface area contributed by atoms with Gasteiger partial charge in [-0.15, -0.1) is 0 Å². The van der Waals surface area contributed by atoms with Gasteiger partial charge in [0.1, 0.15) is 6.10 Å². The van der Waals surface area contributed by atoms with Crippen LogP contribution in [0.2, 0.25) is 10.0 Å². The van der Waals surface area contributed by atoms with Crippen LogP contribution >= 0.6 is 35.4 Å². The fraction of sp³-hybridized carbons (Fsp3) is 0.474. The van der Waals surface area contributed by atoms with E-state index < -0.39 is 42.1 Å². The largest absolute Gasteiger partial charge is 0.465 e. The van der Waals surface area contributed by atoms with Crippen molar-refractivity contribution in [2.75, 3.05) is 6.61 Å². The van der Waals surface area contributed by atoms with Gasteiger partial charge >= 0.3 is 17.9 Å². The van der Waals surface area contributed by atoms with Crippen molar-refractivity contribution < 1.29 is 28.6 Å². The number of halogens is 2. The minimum atomic E-state index is -0.841. The Balaban J connectivity index is 2.10. The number of imidazole rings is 1. The van der Waals surface area contributed by atoms with Crippen molar-refractivity contribution in [3.63, 3.8) is 0 Å². The van der Waals surface area contributed by atoms with E-state index in [1.165, 1.54) is 20.8 Å². The van der Waals surface area contributed by atoms with Gasteiger partial charge in [0, 0.05) is 26.7 Å². The summed E-state index contributed by atoms with van der Waals surface area (Å²) >= 11 is 17.8. The van der Waals surface area contributed by atoms with Crippen molar-refractivity contribution >= 4 is 64.4 Å². The van der Waals surface area contributed by atoms with Crippen molar-refractivity contribution in [1.29, 1.82) is 0 Å². The second-order valence-electron chi connectivity index (χ2n) is 7.10. The molecule has 2 aromatic rings. The lowest BCUT2D eigenvalue weighted by Gasteiger charge is -2.26. The van der Waals surface area contributed by atoms with Crippen molar-refractivity contribution in [1.82, 2.24) is 9.55 Å². The lowest BCUT2D eigenvalue weighted by molar-refractivity contribution is -0.168. The van der Waals surface area contributed by atoms with Crippen LogP contribution in [0.5, 0.6) is 0 Å². The van der Waals surface area contributed by atoms with Crippen LogP contribution in [0.25, 0.3) is 11.0 Å². The maximum Gasteiger partial charge on any atom is 0.303 e. The first-order valence-electron chi connectivity index (χ1n) is 9.15. The maximum absolute atomic E-state index is 11.8. The van der Waals surface area contributed by atoms with Crippen LogP contribution in [-0.2, 0) is 28.6 Å². The smallest absolute Gasteiger partial charge is 0.303 e. The highest BCUT2D eigenvalue weighted by Gasteiger charge is 2.49. The SMILES string of the molecule is CC(=O)OCC1CC(n2c(=S)[nH]c3cc(Cl)c(Cl)cc32)C(OC(C)=O)C1OC(C)=O. The third kappa shape index (κ3) is 4.63. The van der Waals surface area contributed by atoms with Gasteiger partial charge in [-0.25, -0.2) is 0 Å². The van der Waals surface area contributed by atoms with Crippen LogP contribution < -0.4 is 0 Å². The molecule has 4 atom stereocenters. The molecule has 1 N–H and O–H groups in total. The predicted octanol–water partition coefficient (Wildman–Crippen LogP) is 3.99. The van der Waals surface area contributed by atoms with E-state index in [1.807, 2.05) is 0 Å². The molecule has 1 aliphatic carbocycles. The number of H-pyrrole nitrogens is 1. The van der Waals surface area contributed by atoms with Gasteiger partial charge < -0.3 is 23.8 Å². The topological polar surface area (TPSA) is 99.6 Å². The van der Waals surface area contributed by atoms with Gasteiger partial charge in [0.15, 0.2) is 10.9 Å². The van der Waals surface area contributed by atoms with Gasteiger partial charge in [0.05, 0.1) is 33.7 Å². The minimum absolute atomic E-state index is 0.00378. The van der Waals surface area contributed by atoms with Gasteiger partial charge in [-0.05, 0) is 30.8 Å². The standard InChI is InChI=1S/C19H20Cl2N2O6S/c1-8(24)27-7-11-4-16(18(29-10(3)26)17(11)28-9(2)25)23-15-6-13(21)12(20)5-14(15)22-19(23)30/h5-6,11,16-18H,4,7H2,1-3H3,(H,22,30). The second kappa shape index (κ2) is 8.95. The summed E-state index contributed by atoms with van der Waals surface area (Å²) in [6.45, 7) is 3.83. The van der Waals surface area contributed by atoms with Crippen LogP contribution in [0.4, 0.5) is 0 Å². The van der Waals surface area contributed by atoms with Crippen LogP contribution in [0.1, 0.15) is 33.2 Å². The number of rotatable bonds is 5.